The Morgan fingerprint density at radius 2 is 1.80 bits per heavy atom. The average Bonchev–Trinajstić information content (AvgIpc) is 2.56. The number of hydrogen-bond donors (Lipinski definition) is 1. The predicted molar refractivity (Wildman–Crippen MR) is 92.4 cm³/mol. The molecule has 5 nitrogen and oxygen atoms in total. The van der Waals surface area contributed by atoms with Crippen LogP contribution in [0.15, 0.2) is 36.4 Å². The SMILES string of the molecule is Cc1cccc(C)c1OCC(=O)OCC(=O)Nc1cc(Cl)ccc1F. The summed E-state index contributed by atoms with van der Waals surface area (Å²) in [5, 5.41) is 2.56. The highest BCUT2D eigenvalue weighted by Crippen LogP contribution is 2.22. The number of halogens is 2. The summed E-state index contributed by atoms with van der Waals surface area (Å²) in [7, 11) is 0. The van der Waals surface area contributed by atoms with Crippen molar-refractivity contribution in [2.24, 2.45) is 0 Å². The Morgan fingerprint density at radius 3 is 2.48 bits per heavy atom. The number of para-hydroxylation sites is 1. The number of nitrogens with one attached hydrogen (secondary N) is 1. The van der Waals surface area contributed by atoms with Crippen molar-refractivity contribution in [3.8, 4) is 5.75 Å². The highest BCUT2D eigenvalue weighted by molar-refractivity contribution is 6.30. The number of anilines is 1. The Balaban J connectivity index is 1.81. The molecule has 2 aromatic carbocycles. The van der Waals surface area contributed by atoms with Crippen molar-refractivity contribution in [1.29, 1.82) is 0 Å². The summed E-state index contributed by atoms with van der Waals surface area (Å²) in [6.07, 6.45) is 0. The molecule has 0 saturated carbocycles. The summed E-state index contributed by atoms with van der Waals surface area (Å²) in [5.74, 6) is -1.42. The molecule has 0 unspecified atom stereocenters. The average molecular weight is 366 g/mol. The molecule has 0 fully saturated rings. The van der Waals surface area contributed by atoms with E-state index in [1.54, 1.807) is 0 Å². The van der Waals surface area contributed by atoms with Crippen LogP contribution in [0.5, 0.6) is 5.75 Å². The van der Waals surface area contributed by atoms with Gasteiger partial charge in [-0.25, -0.2) is 9.18 Å². The van der Waals surface area contributed by atoms with Gasteiger partial charge in [0.2, 0.25) is 0 Å². The molecule has 0 aliphatic rings. The summed E-state index contributed by atoms with van der Waals surface area (Å²) in [6.45, 7) is 2.84. The van der Waals surface area contributed by atoms with Crippen LogP contribution >= 0.6 is 11.6 Å². The van der Waals surface area contributed by atoms with Gasteiger partial charge in [-0.2, -0.15) is 0 Å². The third kappa shape index (κ3) is 5.46. The number of amides is 1. The molecule has 132 valence electrons. The standard InChI is InChI=1S/C18H17ClFNO4/c1-11-4-3-5-12(2)18(11)25-10-17(23)24-9-16(22)21-15-8-13(19)6-7-14(15)20/h3-8H,9-10H2,1-2H3,(H,21,22). The van der Waals surface area contributed by atoms with Gasteiger partial charge < -0.3 is 14.8 Å². The molecule has 2 aromatic rings. The number of ether oxygens (including phenoxy) is 2. The Bertz CT molecular complexity index is 774. The Labute approximate surface area is 149 Å². The molecule has 25 heavy (non-hydrogen) atoms. The summed E-state index contributed by atoms with van der Waals surface area (Å²) in [6, 6.07) is 9.36. The molecule has 0 aromatic heterocycles. The van der Waals surface area contributed by atoms with E-state index in [4.69, 9.17) is 21.1 Å². The monoisotopic (exact) mass is 365 g/mol. The molecule has 0 heterocycles. The number of benzene rings is 2. The Morgan fingerprint density at radius 1 is 1.12 bits per heavy atom. The number of hydrogen-bond acceptors (Lipinski definition) is 4. The quantitative estimate of drug-likeness (QED) is 0.793. The van der Waals surface area contributed by atoms with Gasteiger partial charge in [-0.05, 0) is 43.2 Å². The van der Waals surface area contributed by atoms with Gasteiger partial charge in [0, 0.05) is 5.02 Å². The first-order valence-electron chi connectivity index (χ1n) is 7.46. The highest BCUT2D eigenvalue weighted by atomic mass is 35.5. The molecule has 0 saturated heterocycles. The van der Waals surface area contributed by atoms with Crippen molar-refractivity contribution in [2.45, 2.75) is 13.8 Å². The number of esters is 1. The van der Waals surface area contributed by atoms with E-state index in [0.717, 1.165) is 17.2 Å². The van der Waals surface area contributed by atoms with Crippen molar-refractivity contribution in [1.82, 2.24) is 0 Å². The third-order valence-corrected chi connectivity index (χ3v) is 3.54. The van der Waals surface area contributed by atoms with Crippen molar-refractivity contribution in [3.63, 3.8) is 0 Å². The van der Waals surface area contributed by atoms with E-state index in [0.29, 0.717) is 5.75 Å². The van der Waals surface area contributed by atoms with E-state index in [1.807, 2.05) is 32.0 Å². The lowest BCUT2D eigenvalue weighted by Crippen LogP contribution is -2.24. The highest BCUT2D eigenvalue weighted by Gasteiger charge is 2.12. The molecule has 2 rings (SSSR count). The fraction of sp³-hybridized carbons (Fsp3) is 0.222. The van der Waals surface area contributed by atoms with E-state index in [9.17, 15) is 14.0 Å². The minimum Gasteiger partial charge on any atom is -0.481 e. The van der Waals surface area contributed by atoms with Crippen LogP contribution in [0.3, 0.4) is 0 Å². The summed E-state index contributed by atoms with van der Waals surface area (Å²) >= 11 is 5.73. The molecule has 0 atom stereocenters. The molecule has 7 heteroatoms. The first-order valence-corrected chi connectivity index (χ1v) is 7.84. The van der Waals surface area contributed by atoms with Crippen LogP contribution in [0, 0.1) is 19.7 Å². The predicted octanol–water partition coefficient (Wildman–Crippen LogP) is 3.66. The largest absolute Gasteiger partial charge is 0.481 e. The fourth-order valence-electron chi connectivity index (χ4n) is 2.13. The lowest BCUT2D eigenvalue weighted by atomic mass is 10.1. The van der Waals surface area contributed by atoms with Gasteiger partial charge in [0.25, 0.3) is 5.91 Å². The van der Waals surface area contributed by atoms with Crippen LogP contribution in [-0.4, -0.2) is 25.1 Å². The van der Waals surface area contributed by atoms with Gasteiger partial charge in [0.15, 0.2) is 13.2 Å². The van der Waals surface area contributed by atoms with Gasteiger partial charge in [-0.1, -0.05) is 29.8 Å². The summed E-state index contributed by atoms with van der Waals surface area (Å²) < 4.78 is 23.8. The molecule has 0 spiro atoms. The smallest absolute Gasteiger partial charge is 0.344 e. The van der Waals surface area contributed by atoms with E-state index in [1.165, 1.54) is 12.1 Å². The first kappa shape index (κ1) is 18.7. The lowest BCUT2D eigenvalue weighted by Gasteiger charge is -2.11. The van der Waals surface area contributed by atoms with Crippen LogP contribution in [-0.2, 0) is 14.3 Å². The van der Waals surface area contributed by atoms with Gasteiger partial charge >= 0.3 is 5.97 Å². The maximum atomic E-state index is 13.5. The minimum atomic E-state index is -0.704. The number of carbonyl (C=O) groups is 2. The minimum absolute atomic E-state index is 0.0830. The summed E-state index contributed by atoms with van der Waals surface area (Å²) in [4.78, 5) is 23.4. The molecule has 1 amide bonds. The van der Waals surface area contributed by atoms with E-state index in [2.05, 4.69) is 5.32 Å². The van der Waals surface area contributed by atoms with Gasteiger partial charge in [0.05, 0.1) is 5.69 Å². The molecule has 1 N–H and O–H groups in total. The molecular weight excluding hydrogens is 349 g/mol. The fourth-order valence-corrected chi connectivity index (χ4v) is 2.30. The van der Waals surface area contributed by atoms with Crippen molar-refractivity contribution >= 4 is 29.2 Å². The van der Waals surface area contributed by atoms with Crippen molar-refractivity contribution in [2.75, 3.05) is 18.5 Å². The van der Waals surface area contributed by atoms with Gasteiger partial charge in [0.1, 0.15) is 11.6 Å². The van der Waals surface area contributed by atoms with Crippen LogP contribution in [0.2, 0.25) is 5.02 Å². The zero-order chi connectivity index (χ0) is 18.4. The second-order valence-electron chi connectivity index (χ2n) is 5.34. The molecule has 0 aliphatic heterocycles. The van der Waals surface area contributed by atoms with Crippen LogP contribution in [0.1, 0.15) is 11.1 Å². The molecule has 0 bridgehead atoms. The third-order valence-electron chi connectivity index (χ3n) is 3.31. The summed E-state index contributed by atoms with van der Waals surface area (Å²) in [5.41, 5.74) is 1.70. The zero-order valence-electron chi connectivity index (χ0n) is 13.8. The number of aryl methyl sites for hydroxylation is 2. The Kier molecular flexibility index (Phi) is 6.36. The number of carbonyl (C=O) groups excluding carboxylic acids is 2. The normalized spacial score (nSPS) is 10.2. The topological polar surface area (TPSA) is 64.6 Å². The van der Waals surface area contributed by atoms with Crippen LogP contribution in [0.25, 0.3) is 0 Å². The van der Waals surface area contributed by atoms with Crippen molar-refractivity contribution in [3.05, 3.63) is 58.4 Å². The lowest BCUT2D eigenvalue weighted by molar-refractivity contribution is -0.149. The van der Waals surface area contributed by atoms with E-state index < -0.39 is 24.3 Å². The van der Waals surface area contributed by atoms with Crippen LogP contribution < -0.4 is 10.1 Å². The first-order chi connectivity index (χ1) is 11.9. The molecule has 0 aliphatic carbocycles. The second kappa shape index (κ2) is 8.48. The molecule has 0 radical (unpaired) electrons. The van der Waals surface area contributed by atoms with Crippen molar-refractivity contribution < 1.29 is 23.5 Å². The Hall–Kier alpha value is -2.60. The zero-order valence-corrected chi connectivity index (χ0v) is 14.5. The van der Waals surface area contributed by atoms with E-state index >= 15 is 0 Å². The van der Waals surface area contributed by atoms with Gasteiger partial charge in [-0.3, -0.25) is 4.79 Å². The van der Waals surface area contributed by atoms with Gasteiger partial charge in [-0.15, -0.1) is 0 Å². The number of rotatable bonds is 6. The maximum Gasteiger partial charge on any atom is 0.344 e. The van der Waals surface area contributed by atoms with E-state index in [-0.39, 0.29) is 17.3 Å². The van der Waals surface area contributed by atoms with Crippen LogP contribution in [0.4, 0.5) is 10.1 Å². The molecular formula is C18H17ClFNO4. The second-order valence-corrected chi connectivity index (χ2v) is 5.78. The maximum absolute atomic E-state index is 13.5.